The van der Waals surface area contributed by atoms with Crippen molar-refractivity contribution in [3.8, 4) is 5.88 Å². The van der Waals surface area contributed by atoms with Crippen LogP contribution in [0.2, 0.25) is 0 Å². The fourth-order valence-corrected chi connectivity index (χ4v) is 2.02. The zero-order valence-electron chi connectivity index (χ0n) is 9.74. The maximum Gasteiger partial charge on any atom is 0.313 e. The summed E-state index contributed by atoms with van der Waals surface area (Å²) in [5.41, 5.74) is 0.310. The van der Waals surface area contributed by atoms with Crippen LogP contribution in [0.1, 0.15) is 25.3 Å². The van der Waals surface area contributed by atoms with Gasteiger partial charge in [0.05, 0.1) is 0 Å². The number of carboxylic acid groups (broad SMARTS) is 1. The zero-order chi connectivity index (χ0) is 12.6. The van der Waals surface area contributed by atoms with Gasteiger partial charge in [-0.1, -0.05) is 0 Å². The van der Waals surface area contributed by atoms with Crippen LogP contribution in [-0.2, 0) is 4.79 Å². The van der Waals surface area contributed by atoms with Crippen molar-refractivity contribution >= 4 is 21.9 Å². The minimum absolute atomic E-state index is 0.354. The monoisotopic (exact) mass is 299 g/mol. The Labute approximate surface area is 108 Å². The molecule has 1 aromatic heterocycles. The first-order valence-corrected chi connectivity index (χ1v) is 6.27. The third kappa shape index (κ3) is 2.29. The van der Waals surface area contributed by atoms with E-state index in [1.54, 1.807) is 19.2 Å². The lowest BCUT2D eigenvalue weighted by Gasteiger charge is -2.20. The summed E-state index contributed by atoms with van der Waals surface area (Å²) < 4.78 is 6.54. The van der Waals surface area contributed by atoms with E-state index in [2.05, 4.69) is 20.9 Å². The summed E-state index contributed by atoms with van der Waals surface area (Å²) in [5, 5.41) is 9.14. The number of aliphatic carboxylic acids is 1. The molecular formula is C12H14BrNO3. The van der Waals surface area contributed by atoms with Gasteiger partial charge < -0.3 is 9.84 Å². The molecule has 4 nitrogen and oxygen atoms in total. The maximum atomic E-state index is 11.1. The Kier molecular flexibility index (Phi) is 3.12. The average molecular weight is 300 g/mol. The lowest BCUT2D eigenvalue weighted by atomic mass is 10.0. The molecule has 1 unspecified atom stereocenters. The largest absolute Gasteiger partial charge is 0.481 e. The van der Waals surface area contributed by atoms with Crippen molar-refractivity contribution < 1.29 is 14.6 Å². The second-order valence-electron chi connectivity index (χ2n) is 4.49. The molecule has 1 aromatic rings. The Morgan fingerprint density at radius 2 is 2.29 bits per heavy atom. The molecule has 1 aliphatic carbocycles. The standard InChI is InChI=1S/C12H14BrNO3/c1-7-5-10(14-6-9(7)13)17-8(2)12(3-4-12)11(15)16/h5-6,8H,3-4H2,1-2H3,(H,15,16). The highest BCUT2D eigenvalue weighted by Crippen LogP contribution is 2.50. The first-order chi connectivity index (χ1) is 7.95. The number of nitrogens with zero attached hydrogens (tertiary/aromatic N) is 1. The molecule has 0 amide bonds. The van der Waals surface area contributed by atoms with Crippen molar-refractivity contribution in [2.75, 3.05) is 0 Å². The number of carbonyl (C=O) groups is 1. The van der Waals surface area contributed by atoms with Gasteiger partial charge in [0.1, 0.15) is 11.5 Å². The molecule has 1 fully saturated rings. The van der Waals surface area contributed by atoms with E-state index in [9.17, 15) is 4.79 Å². The molecule has 5 heteroatoms. The van der Waals surface area contributed by atoms with Crippen molar-refractivity contribution in [2.45, 2.75) is 32.8 Å². The van der Waals surface area contributed by atoms with Crippen molar-refractivity contribution in [1.82, 2.24) is 4.98 Å². The van der Waals surface area contributed by atoms with E-state index in [-0.39, 0.29) is 6.10 Å². The molecule has 1 atom stereocenters. The SMILES string of the molecule is Cc1cc(OC(C)C2(C(=O)O)CC2)ncc1Br. The average Bonchev–Trinajstić information content (AvgIpc) is 3.04. The van der Waals surface area contributed by atoms with Gasteiger partial charge in [0.15, 0.2) is 0 Å². The third-order valence-electron chi connectivity index (χ3n) is 3.31. The van der Waals surface area contributed by atoms with E-state index in [1.807, 2.05) is 6.92 Å². The van der Waals surface area contributed by atoms with Crippen molar-refractivity contribution in [3.05, 3.63) is 22.3 Å². The first-order valence-electron chi connectivity index (χ1n) is 5.48. The summed E-state index contributed by atoms with van der Waals surface area (Å²) in [5.74, 6) is -0.301. The van der Waals surface area contributed by atoms with E-state index in [0.29, 0.717) is 18.7 Å². The van der Waals surface area contributed by atoms with Crippen LogP contribution in [0.15, 0.2) is 16.7 Å². The molecule has 17 heavy (non-hydrogen) atoms. The topological polar surface area (TPSA) is 59.4 Å². The Morgan fingerprint density at radius 1 is 1.65 bits per heavy atom. The molecule has 92 valence electrons. The molecule has 0 bridgehead atoms. The van der Waals surface area contributed by atoms with E-state index in [4.69, 9.17) is 9.84 Å². The van der Waals surface area contributed by atoms with Crippen LogP contribution < -0.4 is 4.74 Å². The second-order valence-corrected chi connectivity index (χ2v) is 5.35. The Bertz CT molecular complexity index is 457. The van der Waals surface area contributed by atoms with Crippen LogP contribution >= 0.6 is 15.9 Å². The van der Waals surface area contributed by atoms with Crippen LogP contribution in [0.4, 0.5) is 0 Å². The van der Waals surface area contributed by atoms with Gasteiger partial charge in [0.25, 0.3) is 0 Å². The van der Waals surface area contributed by atoms with Gasteiger partial charge in [0.2, 0.25) is 5.88 Å². The highest BCUT2D eigenvalue weighted by Gasteiger charge is 2.56. The fourth-order valence-electron chi connectivity index (χ4n) is 1.80. The number of carboxylic acids is 1. The molecule has 0 spiro atoms. The van der Waals surface area contributed by atoms with Crippen LogP contribution in [-0.4, -0.2) is 22.2 Å². The molecule has 1 N–H and O–H groups in total. The smallest absolute Gasteiger partial charge is 0.313 e. The molecule has 0 radical (unpaired) electrons. The number of halogens is 1. The summed E-state index contributed by atoms with van der Waals surface area (Å²) in [6.45, 7) is 3.73. The van der Waals surface area contributed by atoms with E-state index in [1.165, 1.54) is 0 Å². The molecule has 0 aliphatic heterocycles. The Morgan fingerprint density at radius 3 is 2.76 bits per heavy atom. The molecule has 0 aromatic carbocycles. The van der Waals surface area contributed by atoms with Gasteiger partial charge in [-0.05, 0) is 48.2 Å². The van der Waals surface area contributed by atoms with E-state index in [0.717, 1.165) is 10.0 Å². The molecular weight excluding hydrogens is 286 g/mol. The minimum Gasteiger partial charge on any atom is -0.481 e. The van der Waals surface area contributed by atoms with Crippen molar-refractivity contribution in [1.29, 1.82) is 0 Å². The summed E-state index contributed by atoms with van der Waals surface area (Å²) in [4.78, 5) is 15.2. The zero-order valence-corrected chi connectivity index (χ0v) is 11.3. The van der Waals surface area contributed by atoms with Gasteiger partial charge in [0, 0.05) is 16.7 Å². The highest BCUT2D eigenvalue weighted by atomic mass is 79.9. The van der Waals surface area contributed by atoms with Crippen molar-refractivity contribution in [3.63, 3.8) is 0 Å². The van der Waals surface area contributed by atoms with Gasteiger partial charge >= 0.3 is 5.97 Å². The molecule has 0 saturated heterocycles. The van der Waals surface area contributed by atoms with Gasteiger partial charge in [-0.3, -0.25) is 4.79 Å². The number of hydrogen-bond acceptors (Lipinski definition) is 3. The maximum absolute atomic E-state index is 11.1. The van der Waals surface area contributed by atoms with Crippen LogP contribution in [0.25, 0.3) is 0 Å². The van der Waals surface area contributed by atoms with Crippen LogP contribution in [0.5, 0.6) is 5.88 Å². The molecule has 1 saturated carbocycles. The summed E-state index contributed by atoms with van der Waals surface area (Å²) in [6.07, 6.45) is 2.67. The number of pyridine rings is 1. The Balaban J connectivity index is 2.11. The normalized spacial score (nSPS) is 18.5. The summed E-state index contributed by atoms with van der Waals surface area (Å²) in [7, 11) is 0. The van der Waals surface area contributed by atoms with Gasteiger partial charge in [-0.15, -0.1) is 0 Å². The molecule has 1 aliphatic rings. The quantitative estimate of drug-likeness (QED) is 0.929. The fraction of sp³-hybridized carbons (Fsp3) is 0.500. The highest BCUT2D eigenvalue weighted by molar-refractivity contribution is 9.10. The summed E-state index contributed by atoms with van der Waals surface area (Å²) >= 11 is 3.36. The van der Waals surface area contributed by atoms with Gasteiger partial charge in [-0.25, -0.2) is 4.98 Å². The lowest BCUT2D eigenvalue weighted by Crippen LogP contribution is -2.32. The number of aryl methyl sites for hydroxylation is 1. The summed E-state index contributed by atoms with van der Waals surface area (Å²) in [6, 6.07) is 1.80. The predicted octanol–water partition coefficient (Wildman–Crippen LogP) is 2.78. The number of hydrogen-bond donors (Lipinski definition) is 1. The predicted molar refractivity (Wildman–Crippen MR) is 66.1 cm³/mol. The van der Waals surface area contributed by atoms with E-state index >= 15 is 0 Å². The van der Waals surface area contributed by atoms with Crippen molar-refractivity contribution in [2.24, 2.45) is 5.41 Å². The number of aromatic nitrogens is 1. The molecule has 2 rings (SSSR count). The number of ether oxygens (including phenoxy) is 1. The first kappa shape index (κ1) is 12.4. The number of rotatable bonds is 4. The second kappa shape index (κ2) is 4.29. The minimum atomic E-state index is -0.779. The third-order valence-corrected chi connectivity index (χ3v) is 4.14. The van der Waals surface area contributed by atoms with E-state index < -0.39 is 11.4 Å². The molecule has 1 heterocycles. The van der Waals surface area contributed by atoms with Crippen LogP contribution in [0.3, 0.4) is 0 Å². The van der Waals surface area contributed by atoms with Crippen LogP contribution in [0, 0.1) is 12.3 Å². The Hall–Kier alpha value is -1.10. The van der Waals surface area contributed by atoms with Gasteiger partial charge in [-0.2, -0.15) is 0 Å². The lowest BCUT2D eigenvalue weighted by molar-refractivity contribution is -0.146.